The van der Waals surface area contributed by atoms with Crippen molar-refractivity contribution in [2.75, 3.05) is 24.7 Å². The highest BCUT2D eigenvalue weighted by Crippen LogP contribution is 3.02. The predicted molar refractivity (Wildman–Crippen MR) is 130 cm³/mol. The van der Waals surface area contributed by atoms with Crippen molar-refractivity contribution in [3.8, 4) is 0 Å². The number of rotatable bonds is 7. The number of Topliss-reactive ketones (excluding diaryl/α,β-unsaturated/α-hetero) is 1. The normalized spacial score (nSPS) is 21.6. The quantitative estimate of drug-likeness (QED) is 0.485. The van der Waals surface area contributed by atoms with Crippen LogP contribution in [0.15, 0.2) is 53.7 Å². The van der Waals surface area contributed by atoms with Crippen LogP contribution in [0.1, 0.15) is 37.3 Å². The second-order valence-electron chi connectivity index (χ2n) is 9.27. The highest BCUT2D eigenvalue weighted by atomic mass is 32.5. The maximum absolute atomic E-state index is 13.8. The number of hydrogen-bond acceptors (Lipinski definition) is 6. The Morgan fingerprint density at radius 2 is 1.74 bits per heavy atom. The number of carbonyl (C=O) groups excluding carboxylic acids is 3. The summed E-state index contributed by atoms with van der Waals surface area (Å²) in [7, 11) is -9.97. The first-order valence-corrected chi connectivity index (χ1v) is 13.9. The number of ketones is 1. The van der Waals surface area contributed by atoms with Gasteiger partial charge in [0.15, 0.2) is 0 Å². The molecule has 3 heterocycles. The molecule has 208 valence electrons. The number of nitrogens with zero attached hydrogens (tertiary/aromatic N) is 2. The number of nitrogens with one attached hydrogen (secondary N) is 2. The molecule has 0 aliphatic carbocycles. The lowest BCUT2D eigenvalue weighted by Crippen LogP contribution is -2.55. The van der Waals surface area contributed by atoms with Gasteiger partial charge in [-0.15, -0.1) is 0 Å². The van der Waals surface area contributed by atoms with Crippen molar-refractivity contribution in [3.05, 3.63) is 54.4 Å². The van der Waals surface area contributed by atoms with Crippen LogP contribution < -0.4 is 15.5 Å². The molecule has 2 aliphatic rings. The van der Waals surface area contributed by atoms with Gasteiger partial charge in [-0.05, 0) is 49.6 Å². The summed E-state index contributed by atoms with van der Waals surface area (Å²) in [6, 6.07) is 2.35. The summed E-state index contributed by atoms with van der Waals surface area (Å²) in [5.41, 5.74) is 0.0596. The molecule has 2 aliphatic heterocycles. The van der Waals surface area contributed by atoms with E-state index in [-0.39, 0.29) is 54.6 Å². The van der Waals surface area contributed by atoms with E-state index in [0.29, 0.717) is 26.1 Å². The zero-order chi connectivity index (χ0) is 27.6. The second kappa shape index (κ2) is 9.89. The van der Waals surface area contributed by atoms with Crippen LogP contribution in [-0.4, -0.2) is 54.4 Å². The summed E-state index contributed by atoms with van der Waals surface area (Å²) in [5.74, 6) is -1.45. The molecule has 0 radical (unpaired) electrons. The lowest BCUT2D eigenvalue weighted by molar-refractivity contribution is -0.129. The van der Waals surface area contributed by atoms with Crippen LogP contribution in [0.5, 0.6) is 0 Å². The third-order valence-electron chi connectivity index (χ3n) is 6.43. The first kappa shape index (κ1) is 27.9. The van der Waals surface area contributed by atoms with E-state index >= 15 is 0 Å². The van der Waals surface area contributed by atoms with E-state index in [4.69, 9.17) is 4.74 Å². The molecule has 2 saturated heterocycles. The van der Waals surface area contributed by atoms with Gasteiger partial charge in [-0.25, -0.2) is 0 Å². The zero-order valence-electron chi connectivity index (χ0n) is 20.1. The Balaban J connectivity index is 1.77. The van der Waals surface area contributed by atoms with Gasteiger partial charge in [0.05, 0.1) is 12.6 Å². The summed E-state index contributed by atoms with van der Waals surface area (Å²) in [6.45, 7) is 0.737. The Hall–Kier alpha value is -3.10. The summed E-state index contributed by atoms with van der Waals surface area (Å²) >= 11 is 0. The van der Waals surface area contributed by atoms with Crippen molar-refractivity contribution in [3.63, 3.8) is 0 Å². The number of aromatic nitrogens is 1. The number of halogens is 5. The first-order chi connectivity index (χ1) is 17.7. The maximum Gasteiger partial charge on any atom is 0.310 e. The zero-order valence-corrected chi connectivity index (χ0v) is 20.9. The molecule has 14 heteroatoms. The van der Waals surface area contributed by atoms with E-state index < -0.39 is 39.0 Å². The predicted octanol–water partition coefficient (Wildman–Crippen LogP) is 4.43. The molecule has 8 nitrogen and oxygen atoms in total. The molecule has 2 atom stereocenters. The Labute approximate surface area is 215 Å². The summed E-state index contributed by atoms with van der Waals surface area (Å²) in [6.07, 6.45) is 4.01. The van der Waals surface area contributed by atoms with Crippen molar-refractivity contribution in [1.29, 1.82) is 0 Å². The third-order valence-corrected chi connectivity index (χ3v) is 7.59. The van der Waals surface area contributed by atoms with Crippen LogP contribution in [0.2, 0.25) is 0 Å². The fraction of sp³-hybridized carbons (Fsp3) is 0.417. The number of carbonyl (C=O) groups is 3. The van der Waals surface area contributed by atoms with Gasteiger partial charge in [0.25, 0.3) is 0 Å². The molecule has 2 amide bonds. The minimum atomic E-state index is -9.97. The SMILES string of the molecule is O=C1CCC(C(=O)N(c2ccc(S(F)(F)(F)(F)F)cc2)C(C(=O)NC2CCOCC2)c2cccnc2)NC1. The molecular weight excluding hydrogens is 535 g/mol. The van der Waals surface area contributed by atoms with Gasteiger partial charge in [0.1, 0.15) is 16.7 Å². The topological polar surface area (TPSA) is 101 Å². The molecule has 0 bridgehead atoms. The van der Waals surface area contributed by atoms with Crippen molar-refractivity contribution in [1.82, 2.24) is 15.6 Å². The maximum atomic E-state index is 13.8. The summed E-state index contributed by atoms with van der Waals surface area (Å²) in [4.78, 5) is 42.0. The fourth-order valence-corrected chi connectivity index (χ4v) is 5.11. The standard InChI is InChI=1S/C24H27F5N4O4S/c25-38(26,27,28,29)20-6-3-18(4-7-20)33(24(36)21-8-5-19(34)15-31-21)22(16-2-1-11-30-14-16)23(35)32-17-9-12-37-13-10-17/h1-4,6-7,11,14,17,21-22,31H,5,8-10,12-13,15H2,(H,32,35). The van der Waals surface area contributed by atoms with Crippen LogP contribution in [0.3, 0.4) is 0 Å². The fourth-order valence-electron chi connectivity index (χ4n) is 4.46. The number of piperidine rings is 1. The first-order valence-electron chi connectivity index (χ1n) is 11.9. The molecule has 1 aromatic carbocycles. The van der Waals surface area contributed by atoms with Crippen molar-refractivity contribution in [2.24, 2.45) is 0 Å². The third kappa shape index (κ3) is 6.66. The molecule has 2 fully saturated rings. The Kier molecular flexibility index (Phi) is 7.27. The highest BCUT2D eigenvalue weighted by Gasteiger charge is 2.65. The molecule has 2 aromatic rings. The van der Waals surface area contributed by atoms with Crippen molar-refractivity contribution < 1.29 is 38.5 Å². The van der Waals surface area contributed by atoms with E-state index in [1.807, 2.05) is 0 Å². The number of hydrogen-bond donors (Lipinski definition) is 2. The second-order valence-corrected chi connectivity index (χ2v) is 11.7. The van der Waals surface area contributed by atoms with E-state index in [1.165, 1.54) is 24.5 Å². The van der Waals surface area contributed by atoms with Gasteiger partial charge in [-0.1, -0.05) is 25.5 Å². The Morgan fingerprint density at radius 3 is 2.29 bits per heavy atom. The monoisotopic (exact) mass is 562 g/mol. The van der Waals surface area contributed by atoms with Gasteiger partial charge in [0, 0.05) is 49.3 Å². The Morgan fingerprint density at radius 1 is 1.05 bits per heavy atom. The lowest BCUT2D eigenvalue weighted by atomic mass is 9.98. The van der Waals surface area contributed by atoms with Crippen molar-refractivity contribution in [2.45, 2.75) is 48.7 Å². The lowest BCUT2D eigenvalue weighted by Gasteiger charge is -2.41. The largest absolute Gasteiger partial charge is 0.381 e. The molecule has 4 rings (SSSR count). The summed E-state index contributed by atoms with van der Waals surface area (Å²) < 4.78 is 72.2. The molecule has 1 aromatic heterocycles. The van der Waals surface area contributed by atoms with Crippen LogP contribution in [0, 0.1) is 0 Å². The molecule has 0 saturated carbocycles. The van der Waals surface area contributed by atoms with E-state index in [1.54, 1.807) is 0 Å². The molecule has 38 heavy (non-hydrogen) atoms. The van der Waals surface area contributed by atoms with Gasteiger partial charge < -0.3 is 10.1 Å². The molecular formula is C24H27F5N4O4S. The van der Waals surface area contributed by atoms with E-state index in [2.05, 4.69) is 15.6 Å². The average molecular weight is 563 g/mol. The minimum Gasteiger partial charge on any atom is -0.381 e. The van der Waals surface area contributed by atoms with E-state index in [9.17, 15) is 33.8 Å². The number of anilines is 1. The average Bonchev–Trinajstić information content (AvgIpc) is 2.87. The van der Waals surface area contributed by atoms with Gasteiger partial charge in [0.2, 0.25) is 11.8 Å². The number of pyridine rings is 1. The van der Waals surface area contributed by atoms with Gasteiger partial charge in [-0.2, -0.15) is 0 Å². The van der Waals surface area contributed by atoms with Gasteiger partial charge in [-0.3, -0.25) is 29.6 Å². The van der Waals surface area contributed by atoms with E-state index in [0.717, 1.165) is 17.0 Å². The van der Waals surface area contributed by atoms with Crippen LogP contribution in [0.25, 0.3) is 0 Å². The van der Waals surface area contributed by atoms with Crippen LogP contribution in [-0.2, 0) is 19.1 Å². The number of benzene rings is 1. The van der Waals surface area contributed by atoms with Crippen LogP contribution in [0.4, 0.5) is 25.1 Å². The van der Waals surface area contributed by atoms with Crippen LogP contribution >= 0.6 is 10.2 Å². The number of ether oxygens (including phenoxy) is 1. The smallest absolute Gasteiger partial charge is 0.310 e. The molecule has 2 N–H and O–H groups in total. The summed E-state index contributed by atoms with van der Waals surface area (Å²) in [5, 5.41) is 5.67. The van der Waals surface area contributed by atoms with Crippen molar-refractivity contribution >= 4 is 33.5 Å². The van der Waals surface area contributed by atoms with Gasteiger partial charge >= 0.3 is 10.2 Å². The highest BCUT2D eigenvalue weighted by molar-refractivity contribution is 8.45. The molecule has 2 unspecified atom stereocenters. The molecule has 0 spiro atoms. The minimum absolute atomic E-state index is 0.0895. The Bertz CT molecular complexity index is 1180. The number of amides is 2.